The Labute approximate surface area is 117 Å². The van der Waals surface area contributed by atoms with Crippen LogP contribution in [0.15, 0.2) is 30.3 Å². The number of anilines is 1. The molecular formula is C14H16ClN3O. The quantitative estimate of drug-likeness (QED) is 0.914. The van der Waals surface area contributed by atoms with Crippen LogP contribution in [0, 0.1) is 0 Å². The molecule has 0 aliphatic heterocycles. The second-order valence-electron chi connectivity index (χ2n) is 4.41. The summed E-state index contributed by atoms with van der Waals surface area (Å²) in [7, 11) is 1.82. The fourth-order valence-electron chi connectivity index (χ4n) is 1.53. The molecule has 0 amide bonds. The SMILES string of the molecule is CNc1cc(Oc2cccc(Cl)c2)nc(C(C)C)n1. The molecule has 0 bridgehead atoms. The van der Waals surface area contributed by atoms with Gasteiger partial charge in [-0.3, -0.25) is 0 Å². The number of hydrogen-bond acceptors (Lipinski definition) is 4. The van der Waals surface area contributed by atoms with Crippen LogP contribution in [-0.2, 0) is 0 Å². The van der Waals surface area contributed by atoms with Crippen molar-refractivity contribution in [3.8, 4) is 11.6 Å². The molecule has 5 heteroatoms. The normalized spacial score (nSPS) is 10.6. The summed E-state index contributed by atoms with van der Waals surface area (Å²) in [6, 6.07) is 8.97. The Morgan fingerprint density at radius 3 is 2.63 bits per heavy atom. The van der Waals surface area contributed by atoms with Crippen molar-refractivity contribution in [2.24, 2.45) is 0 Å². The highest BCUT2D eigenvalue weighted by atomic mass is 35.5. The van der Waals surface area contributed by atoms with E-state index in [4.69, 9.17) is 16.3 Å². The smallest absolute Gasteiger partial charge is 0.224 e. The fraction of sp³-hybridized carbons (Fsp3) is 0.286. The summed E-state index contributed by atoms with van der Waals surface area (Å²) in [6.07, 6.45) is 0. The molecule has 0 saturated heterocycles. The Morgan fingerprint density at radius 1 is 1.21 bits per heavy atom. The van der Waals surface area contributed by atoms with Crippen LogP contribution in [0.5, 0.6) is 11.6 Å². The zero-order valence-corrected chi connectivity index (χ0v) is 11.9. The highest BCUT2D eigenvalue weighted by Gasteiger charge is 2.09. The van der Waals surface area contributed by atoms with E-state index in [9.17, 15) is 0 Å². The summed E-state index contributed by atoms with van der Waals surface area (Å²) in [6.45, 7) is 4.08. The predicted molar refractivity (Wildman–Crippen MR) is 77.2 cm³/mol. The summed E-state index contributed by atoms with van der Waals surface area (Å²) in [5, 5.41) is 3.63. The number of halogens is 1. The maximum Gasteiger partial charge on any atom is 0.224 e. The molecule has 0 radical (unpaired) electrons. The Morgan fingerprint density at radius 2 is 2.00 bits per heavy atom. The number of aromatic nitrogens is 2. The predicted octanol–water partition coefficient (Wildman–Crippen LogP) is 4.09. The third kappa shape index (κ3) is 3.58. The molecular weight excluding hydrogens is 262 g/mol. The second kappa shape index (κ2) is 5.89. The lowest BCUT2D eigenvalue weighted by Crippen LogP contribution is -2.03. The van der Waals surface area contributed by atoms with Crippen LogP contribution in [-0.4, -0.2) is 17.0 Å². The first-order chi connectivity index (χ1) is 9.08. The molecule has 19 heavy (non-hydrogen) atoms. The molecule has 0 fully saturated rings. The van der Waals surface area contributed by atoms with Crippen molar-refractivity contribution >= 4 is 17.4 Å². The van der Waals surface area contributed by atoms with Crippen LogP contribution < -0.4 is 10.1 Å². The van der Waals surface area contributed by atoms with Crippen molar-refractivity contribution in [2.45, 2.75) is 19.8 Å². The molecule has 0 aliphatic carbocycles. The summed E-state index contributed by atoms with van der Waals surface area (Å²) in [4.78, 5) is 8.77. The van der Waals surface area contributed by atoms with Gasteiger partial charge in [-0.1, -0.05) is 31.5 Å². The zero-order chi connectivity index (χ0) is 13.8. The van der Waals surface area contributed by atoms with Crippen molar-refractivity contribution < 1.29 is 4.74 Å². The van der Waals surface area contributed by atoms with Gasteiger partial charge < -0.3 is 10.1 Å². The van der Waals surface area contributed by atoms with Crippen LogP contribution in [0.2, 0.25) is 5.02 Å². The van der Waals surface area contributed by atoms with Crippen molar-refractivity contribution in [3.63, 3.8) is 0 Å². The van der Waals surface area contributed by atoms with Gasteiger partial charge in [-0.25, -0.2) is 4.98 Å². The lowest BCUT2D eigenvalue weighted by atomic mass is 10.2. The van der Waals surface area contributed by atoms with Crippen LogP contribution in [0.1, 0.15) is 25.6 Å². The molecule has 2 rings (SSSR count). The average Bonchev–Trinajstić information content (AvgIpc) is 2.38. The summed E-state index contributed by atoms with van der Waals surface area (Å²) in [5.74, 6) is 2.86. The van der Waals surface area contributed by atoms with Crippen molar-refractivity contribution in [1.29, 1.82) is 0 Å². The fourth-order valence-corrected chi connectivity index (χ4v) is 1.71. The van der Waals surface area contributed by atoms with E-state index in [1.165, 1.54) is 0 Å². The minimum absolute atomic E-state index is 0.231. The molecule has 4 nitrogen and oxygen atoms in total. The minimum atomic E-state index is 0.231. The first-order valence-electron chi connectivity index (χ1n) is 6.08. The maximum absolute atomic E-state index is 5.93. The Balaban J connectivity index is 2.31. The standard InChI is InChI=1S/C14H16ClN3O/c1-9(2)14-17-12(16-3)8-13(18-14)19-11-6-4-5-10(15)7-11/h4-9H,1-3H3,(H,16,17,18). The van der Waals surface area contributed by atoms with E-state index in [-0.39, 0.29) is 5.92 Å². The molecule has 0 atom stereocenters. The lowest BCUT2D eigenvalue weighted by molar-refractivity contribution is 0.457. The van der Waals surface area contributed by atoms with E-state index < -0.39 is 0 Å². The van der Waals surface area contributed by atoms with Gasteiger partial charge in [0.1, 0.15) is 17.4 Å². The van der Waals surface area contributed by atoms with Crippen molar-refractivity contribution in [3.05, 3.63) is 41.2 Å². The molecule has 1 aromatic heterocycles. The third-order valence-corrected chi connectivity index (χ3v) is 2.75. The molecule has 0 unspecified atom stereocenters. The number of hydrogen-bond donors (Lipinski definition) is 1. The molecule has 1 heterocycles. The van der Waals surface area contributed by atoms with E-state index in [1.807, 2.05) is 33.0 Å². The van der Waals surface area contributed by atoms with Gasteiger partial charge in [0.2, 0.25) is 5.88 Å². The Bertz CT molecular complexity index is 572. The van der Waals surface area contributed by atoms with Gasteiger partial charge in [0.15, 0.2) is 0 Å². The van der Waals surface area contributed by atoms with Gasteiger partial charge in [-0.15, -0.1) is 0 Å². The van der Waals surface area contributed by atoms with E-state index in [2.05, 4.69) is 15.3 Å². The van der Waals surface area contributed by atoms with Crippen LogP contribution in [0.4, 0.5) is 5.82 Å². The maximum atomic E-state index is 5.93. The number of nitrogens with zero attached hydrogens (tertiary/aromatic N) is 2. The van der Waals surface area contributed by atoms with Crippen LogP contribution in [0.25, 0.3) is 0 Å². The van der Waals surface area contributed by atoms with Gasteiger partial charge in [-0.05, 0) is 18.2 Å². The van der Waals surface area contributed by atoms with Gasteiger partial charge in [0.25, 0.3) is 0 Å². The summed E-state index contributed by atoms with van der Waals surface area (Å²) < 4.78 is 5.72. The van der Waals surface area contributed by atoms with E-state index in [1.54, 1.807) is 18.2 Å². The third-order valence-electron chi connectivity index (χ3n) is 2.51. The largest absolute Gasteiger partial charge is 0.439 e. The zero-order valence-electron chi connectivity index (χ0n) is 11.1. The summed E-state index contributed by atoms with van der Waals surface area (Å²) in [5.41, 5.74) is 0. The number of rotatable bonds is 4. The molecule has 0 saturated carbocycles. The van der Waals surface area contributed by atoms with Gasteiger partial charge in [0.05, 0.1) is 0 Å². The topological polar surface area (TPSA) is 47.0 Å². The Kier molecular flexibility index (Phi) is 4.22. The first kappa shape index (κ1) is 13.6. The molecule has 1 aromatic carbocycles. The lowest BCUT2D eigenvalue weighted by Gasteiger charge is -2.10. The second-order valence-corrected chi connectivity index (χ2v) is 4.85. The Hall–Kier alpha value is -1.81. The molecule has 2 aromatic rings. The van der Waals surface area contributed by atoms with Gasteiger partial charge in [-0.2, -0.15) is 4.98 Å². The van der Waals surface area contributed by atoms with E-state index >= 15 is 0 Å². The van der Waals surface area contributed by atoms with E-state index in [0.29, 0.717) is 16.7 Å². The number of benzene rings is 1. The van der Waals surface area contributed by atoms with Gasteiger partial charge in [0, 0.05) is 24.1 Å². The molecule has 0 spiro atoms. The molecule has 100 valence electrons. The van der Waals surface area contributed by atoms with Gasteiger partial charge >= 0.3 is 0 Å². The molecule has 0 aliphatic rings. The van der Waals surface area contributed by atoms with Crippen molar-refractivity contribution in [2.75, 3.05) is 12.4 Å². The first-order valence-corrected chi connectivity index (χ1v) is 6.46. The highest BCUT2D eigenvalue weighted by Crippen LogP contribution is 2.25. The monoisotopic (exact) mass is 277 g/mol. The number of nitrogens with one attached hydrogen (secondary N) is 1. The van der Waals surface area contributed by atoms with Crippen molar-refractivity contribution in [1.82, 2.24) is 9.97 Å². The molecule has 1 N–H and O–H groups in total. The van der Waals surface area contributed by atoms with Crippen LogP contribution in [0.3, 0.4) is 0 Å². The van der Waals surface area contributed by atoms with Crippen LogP contribution >= 0.6 is 11.6 Å². The summed E-state index contributed by atoms with van der Waals surface area (Å²) >= 11 is 5.93. The average molecular weight is 278 g/mol. The minimum Gasteiger partial charge on any atom is -0.439 e. The highest BCUT2D eigenvalue weighted by molar-refractivity contribution is 6.30. The van der Waals surface area contributed by atoms with E-state index in [0.717, 1.165) is 11.6 Å². The number of ether oxygens (including phenoxy) is 1.